The van der Waals surface area contributed by atoms with Gasteiger partial charge in [0.25, 0.3) is 15.9 Å². The highest BCUT2D eigenvalue weighted by Crippen LogP contribution is 2.21. The molecule has 2 N–H and O–H groups in total. The summed E-state index contributed by atoms with van der Waals surface area (Å²) in [7, 11) is -3.74. The predicted molar refractivity (Wildman–Crippen MR) is 112 cm³/mol. The van der Waals surface area contributed by atoms with Gasteiger partial charge in [-0.15, -0.1) is 0 Å². The van der Waals surface area contributed by atoms with Gasteiger partial charge < -0.3 is 5.32 Å². The van der Waals surface area contributed by atoms with E-state index in [-0.39, 0.29) is 10.8 Å². The van der Waals surface area contributed by atoms with Gasteiger partial charge in [-0.05, 0) is 60.9 Å². The number of rotatable bonds is 6. The van der Waals surface area contributed by atoms with Gasteiger partial charge in [-0.1, -0.05) is 43.3 Å². The zero-order valence-corrected chi connectivity index (χ0v) is 16.6. The largest absolute Gasteiger partial charge is 0.322 e. The molecule has 1 amide bonds. The van der Waals surface area contributed by atoms with Crippen LogP contribution in [0, 0.1) is 6.92 Å². The van der Waals surface area contributed by atoms with Crippen molar-refractivity contribution < 1.29 is 13.2 Å². The van der Waals surface area contributed by atoms with Crippen molar-refractivity contribution in [1.82, 2.24) is 0 Å². The van der Waals surface area contributed by atoms with Crippen molar-refractivity contribution in [3.63, 3.8) is 0 Å². The molecule has 0 radical (unpaired) electrons. The molecule has 6 heteroatoms. The number of para-hydroxylation sites is 2. The minimum absolute atomic E-state index is 0.103. The lowest BCUT2D eigenvalue weighted by Crippen LogP contribution is -2.15. The van der Waals surface area contributed by atoms with E-state index in [2.05, 4.69) is 10.0 Å². The third-order valence-corrected chi connectivity index (χ3v) is 5.84. The van der Waals surface area contributed by atoms with Gasteiger partial charge in [0.2, 0.25) is 0 Å². The predicted octanol–water partition coefficient (Wildman–Crippen LogP) is 4.61. The molecule has 5 nitrogen and oxygen atoms in total. The Labute approximate surface area is 165 Å². The van der Waals surface area contributed by atoms with E-state index < -0.39 is 10.0 Å². The van der Waals surface area contributed by atoms with Gasteiger partial charge in [0.15, 0.2) is 0 Å². The van der Waals surface area contributed by atoms with Crippen LogP contribution in [-0.2, 0) is 16.4 Å². The van der Waals surface area contributed by atoms with E-state index in [0.29, 0.717) is 11.3 Å². The van der Waals surface area contributed by atoms with Crippen LogP contribution in [0.5, 0.6) is 0 Å². The lowest BCUT2D eigenvalue weighted by molar-refractivity contribution is 0.102. The van der Waals surface area contributed by atoms with Crippen LogP contribution in [0.25, 0.3) is 0 Å². The number of amides is 1. The molecule has 3 aromatic rings. The molecule has 0 bridgehead atoms. The molecule has 0 aromatic heterocycles. The molecule has 28 heavy (non-hydrogen) atoms. The van der Waals surface area contributed by atoms with Crippen molar-refractivity contribution in [2.24, 2.45) is 0 Å². The fraction of sp³-hybridized carbons (Fsp3) is 0.136. The molecule has 3 aromatic carbocycles. The van der Waals surface area contributed by atoms with E-state index in [0.717, 1.165) is 23.2 Å². The number of hydrogen-bond donors (Lipinski definition) is 2. The zero-order valence-electron chi connectivity index (χ0n) is 15.8. The number of aryl methyl sites for hydroxylation is 2. The number of nitrogens with one attached hydrogen (secondary N) is 2. The number of carbonyl (C=O) groups excluding carboxylic acids is 1. The summed E-state index contributed by atoms with van der Waals surface area (Å²) in [5, 5.41) is 2.84. The first kappa shape index (κ1) is 19.6. The molecule has 0 aliphatic heterocycles. The van der Waals surface area contributed by atoms with E-state index in [9.17, 15) is 13.2 Å². The average molecular weight is 394 g/mol. The average Bonchev–Trinajstić information content (AvgIpc) is 2.70. The number of carbonyl (C=O) groups is 1. The Bertz CT molecular complexity index is 1090. The molecule has 3 rings (SSSR count). The van der Waals surface area contributed by atoms with Crippen LogP contribution < -0.4 is 10.0 Å². The molecule has 0 unspecified atom stereocenters. The number of anilines is 2. The molecule has 0 fully saturated rings. The maximum atomic E-state index is 12.7. The lowest BCUT2D eigenvalue weighted by Gasteiger charge is -2.12. The summed E-state index contributed by atoms with van der Waals surface area (Å²) < 4.78 is 28.0. The third-order valence-electron chi connectivity index (χ3n) is 4.46. The van der Waals surface area contributed by atoms with Gasteiger partial charge in [-0.2, -0.15) is 0 Å². The number of sulfonamides is 1. The van der Waals surface area contributed by atoms with Crippen LogP contribution in [0.2, 0.25) is 0 Å². The molecule has 0 spiro atoms. The van der Waals surface area contributed by atoms with Crippen LogP contribution in [0.4, 0.5) is 11.4 Å². The zero-order chi connectivity index (χ0) is 20.1. The summed E-state index contributed by atoms with van der Waals surface area (Å²) in [5.41, 5.74) is 3.54. The van der Waals surface area contributed by atoms with Crippen LogP contribution in [0.15, 0.2) is 77.7 Å². The monoisotopic (exact) mass is 394 g/mol. The Balaban J connectivity index is 1.78. The summed E-state index contributed by atoms with van der Waals surface area (Å²) in [6.07, 6.45) is 0.719. The Kier molecular flexibility index (Phi) is 5.80. The molecule has 0 saturated heterocycles. The normalized spacial score (nSPS) is 11.1. The third kappa shape index (κ3) is 4.40. The van der Waals surface area contributed by atoms with Crippen molar-refractivity contribution in [2.45, 2.75) is 25.2 Å². The van der Waals surface area contributed by atoms with Crippen LogP contribution in [-0.4, -0.2) is 14.3 Å². The smallest absolute Gasteiger partial charge is 0.261 e. The molecule has 0 aliphatic carbocycles. The van der Waals surface area contributed by atoms with Gasteiger partial charge in [-0.3, -0.25) is 9.52 Å². The number of hydrogen-bond acceptors (Lipinski definition) is 3. The highest BCUT2D eigenvalue weighted by atomic mass is 32.2. The minimum atomic E-state index is -3.74. The van der Waals surface area contributed by atoms with E-state index in [1.807, 2.05) is 50.2 Å². The first-order valence-electron chi connectivity index (χ1n) is 8.98. The fourth-order valence-corrected chi connectivity index (χ4v) is 3.93. The quantitative estimate of drug-likeness (QED) is 0.641. The summed E-state index contributed by atoms with van der Waals surface area (Å²) in [6.45, 7) is 3.88. The maximum absolute atomic E-state index is 12.7. The first-order valence-corrected chi connectivity index (χ1v) is 10.5. The molecule has 0 aliphatic rings. The molecule has 0 atom stereocenters. The molecular weight excluding hydrogens is 372 g/mol. The highest BCUT2D eigenvalue weighted by Gasteiger charge is 2.16. The van der Waals surface area contributed by atoms with Crippen molar-refractivity contribution in [1.29, 1.82) is 0 Å². The second-order valence-corrected chi connectivity index (χ2v) is 8.09. The first-order chi connectivity index (χ1) is 13.4. The van der Waals surface area contributed by atoms with Gasteiger partial charge >= 0.3 is 0 Å². The standard InChI is InChI=1S/C22H22N2O3S/c1-3-17-9-5-7-11-21(17)24-28(26,27)19-14-12-18(13-15-19)22(25)23-20-10-6-4-8-16(20)2/h4-15,24H,3H2,1-2H3,(H,23,25). The van der Waals surface area contributed by atoms with E-state index in [1.54, 1.807) is 12.1 Å². The van der Waals surface area contributed by atoms with Gasteiger partial charge in [0.1, 0.15) is 0 Å². The van der Waals surface area contributed by atoms with Crippen LogP contribution >= 0.6 is 0 Å². The molecule has 0 saturated carbocycles. The van der Waals surface area contributed by atoms with Crippen molar-refractivity contribution in [3.05, 3.63) is 89.5 Å². The summed E-state index contributed by atoms with van der Waals surface area (Å²) in [6, 6.07) is 20.6. The molecule has 0 heterocycles. The minimum Gasteiger partial charge on any atom is -0.322 e. The SMILES string of the molecule is CCc1ccccc1NS(=O)(=O)c1ccc(C(=O)Nc2ccccc2C)cc1. The fourth-order valence-electron chi connectivity index (χ4n) is 2.82. The lowest BCUT2D eigenvalue weighted by atomic mass is 10.1. The number of benzene rings is 3. The van der Waals surface area contributed by atoms with Crippen molar-refractivity contribution in [2.75, 3.05) is 10.0 Å². The second kappa shape index (κ2) is 8.27. The van der Waals surface area contributed by atoms with E-state index >= 15 is 0 Å². The summed E-state index contributed by atoms with van der Waals surface area (Å²) >= 11 is 0. The van der Waals surface area contributed by atoms with E-state index in [1.165, 1.54) is 24.3 Å². The summed E-state index contributed by atoms with van der Waals surface area (Å²) in [5.74, 6) is -0.289. The van der Waals surface area contributed by atoms with Crippen LogP contribution in [0.1, 0.15) is 28.4 Å². The topological polar surface area (TPSA) is 75.3 Å². The van der Waals surface area contributed by atoms with E-state index in [4.69, 9.17) is 0 Å². The Morgan fingerprint density at radius 2 is 1.46 bits per heavy atom. The van der Waals surface area contributed by atoms with Gasteiger partial charge in [0, 0.05) is 11.3 Å². The Morgan fingerprint density at radius 1 is 0.857 bits per heavy atom. The Hall–Kier alpha value is -3.12. The maximum Gasteiger partial charge on any atom is 0.261 e. The Morgan fingerprint density at radius 3 is 2.11 bits per heavy atom. The highest BCUT2D eigenvalue weighted by molar-refractivity contribution is 7.92. The summed E-state index contributed by atoms with van der Waals surface area (Å²) in [4.78, 5) is 12.5. The van der Waals surface area contributed by atoms with Crippen molar-refractivity contribution >= 4 is 27.3 Å². The van der Waals surface area contributed by atoms with Gasteiger partial charge in [0.05, 0.1) is 10.6 Å². The molecule has 144 valence electrons. The second-order valence-electron chi connectivity index (χ2n) is 6.41. The van der Waals surface area contributed by atoms with Crippen molar-refractivity contribution in [3.8, 4) is 0 Å². The van der Waals surface area contributed by atoms with Gasteiger partial charge in [-0.25, -0.2) is 8.42 Å². The van der Waals surface area contributed by atoms with Crippen LogP contribution in [0.3, 0.4) is 0 Å². The molecular formula is C22H22N2O3S.